The van der Waals surface area contributed by atoms with Gasteiger partial charge in [-0.3, -0.25) is 9.59 Å². The van der Waals surface area contributed by atoms with Crippen molar-refractivity contribution in [3.63, 3.8) is 0 Å². The zero-order valence-electron chi connectivity index (χ0n) is 22.1. The van der Waals surface area contributed by atoms with Gasteiger partial charge >= 0.3 is 6.03 Å². The topological polar surface area (TPSA) is 81.8 Å². The molecule has 1 saturated heterocycles. The average molecular weight is 570 g/mol. The highest BCUT2D eigenvalue weighted by atomic mass is 35.5. The predicted molar refractivity (Wildman–Crippen MR) is 158 cm³/mol. The van der Waals surface area contributed by atoms with Gasteiger partial charge in [-0.25, -0.2) is 4.79 Å². The van der Waals surface area contributed by atoms with E-state index in [9.17, 15) is 14.4 Å². The monoisotopic (exact) mass is 568 g/mol. The molecule has 0 atom stereocenters. The molecule has 2 N–H and O–H groups in total. The van der Waals surface area contributed by atoms with Gasteiger partial charge in [-0.15, -0.1) is 0 Å². The van der Waals surface area contributed by atoms with E-state index in [2.05, 4.69) is 34.2 Å². The Labute approximate surface area is 240 Å². The number of nitrogens with one attached hydrogen (secondary N) is 2. The summed E-state index contributed by atoms with van der Waals surface area (Å²) in [6.07, 6.45) is 9.67. The van der Waals surface area contributed by atoms with E-state index in [0.29, 0.717) is 44.7 Å². The molecule has 0 unspecified atom stereocenters. The van der Waals surface area contributed by atoms with Crippen LogP contribution in [-0.2, 0) is 11.2 Å². The summed E-state index contributed by atoms with van der Waals surface area (Å²) in [4.78, 5) is 40.5. The molecule has 0 radical (unpaired) electrons. The summed E-state index contributed by atoms with van der Waals surface area (Å²) >= 11 is 12.5. The Hall–Kier alpha value is -3.55. The van der Waals surface area contributed by atoms with Gasteiger partial charge in [-0.1, -0.05) is 72.3 Å². The quantitative estimate of drug-likeness (QED) is 0.253. The van der Waals surface area contributed by atoms with Crippen molar-refractivity contribution in [2.24, 2.45) is 0 Å². The number of allylic oxidation sites excluding steroid dienone is 3. The second-order valence-electron chi connectivity index (χ2n) is 9.15. The fourth-order valence-electron chi connectivity index (χ4n) is 4.18. The van der Waals surface area contributed by atoms with E-state index in [4.69, 9.17) is 23.2 Å². The number of aryl methyl sites for hydroxylation is 1. The van der Waals surface area contributed by atoms with Gasteiger partial charge in [-0.05, 0) is 49.6 Å². The summed E-state index contributed by atoms with van der Waals surface area (Å²) in [6, 6.07) is 12.8. The highest BCUT2D eigenvalue weighted by molar-refractivity contribution is 6.40. The Balaban J connectivity index is 1.44. The lowest BCUT2D eigenvalue weighted by atomic mass is 10.1. The Morgan fingerprint density at radius 2 is 1.64 bits per heavy atom. The molecule has 1 aliphatic heterocycles. The van der Waals surface area contributed by atoms with Gasteiger partial charge in [-0.2, -0.15) is 0 Å². The third kappa shape index (κ3) is 9.30. The number of urea groups is 1. The molecule has 206 valence electrons. The molecule has 1 heterocycles. The van der Waals surface area contributed by atoms with Crippen molar-refractivity contribution in [2.45, 2.75) is 26.2 Å². The van der Waals surface area contributed by atoms with Crippen LogP contribution in [0.3, 0.4) is 0 Å². The van der Waals surface area contributed by atoms with Gasteiger partial charge in [0, 0.05) is 50.4 Å². The lowest BCUT2D eigenvalue weighted by Crippen LogP contribution is -2.49. The van der Waals surface area contributed by atoms with Crippen LogP contribution >= 0.6 is 23.2 Å². The third-order valence-electron chi connectivity index (χ3n) is 6.32. The maximum absolute atomic E-state index is 12.9. The molecule has 1 aliphatic rings. The molecule has 1 fully saturated rings. The van der Waals surface area contributed by atoms with Gasteiger partial charge in [0.15, 0.2) is 5.78 Å². The molecule has 2 aromatic carbocycles. The van der Waals surface area contributed by atoms with Crippen LogP contribution < -0.4 is 10.6 Å². The van der Waals surface area contributed by atoms with Crippen molar-refractivity contribution in [3.05, 3.63) is 100 Å². The highest BCUT2D eigenvalue weighted by Crippen LogP contribution is 2.32. The molecule has 2 aromatic rings. The molecule has 39 heavy (non-hydrogen) atoms. The third-order valence-corrected chi connectivity index (χ3v) is 6.92. The Bertz CT molecular complexity index is 1210. The largest absolute Gasteiger partial charge is 0.368 e. The van der Waals surface area contributed by atoms with Crippen LogP contribution in [0.25, 0.3) is 0 Å². The van der Waals surface area contributed by atoms with E-state index in [0.717, 1.165) is 18.5 Å². The number of piperazine rings is 1. The number of benzene rings is 2. The molecular formula is C30H34Cl2N4O3. The fourth-order valence-corrected chi connectivity index (χ4v) is 4.76. The van der Waals surface area contributed by atoms with E-state index in [1.807, 2.05) is 36.4 Å². The number of amides is 3. The van der Waals surface area contributed by atoms with Crippen molar-refractivity contribution >= 4 is 46.6 Å². The number of ketones is 1. The Kier molecular flexibility index (Phi) is 11.6. The number of hydrogen-bond donors (Lipinski definition) is 2. The van der Waals surface area contributed by atoms with Crippen molar-refractivity contribution in [1.82, 2.24) is 15.1 Å². The molecule has 3 amide bonds. The van der Waals surface area contributed by atoms with Crippen LogP contribution in [-0.4, -0.2) is 60.2 Å². The Morgan fingerprint density at radius 3 is 2.26 bits per heavy atom. The molecular weight excluding hydrogens is 535 g/mol. The lowest BCUT2D eigenvalue weighted by molar-refractivity contribution is -0.120. The maximum Gasteiger partial charge on any atom is 0.322 e. The van der Waals surface area contributed by atoms with Crippen molar-refractivity contribution in [1.29, 1.82) is 0 Å². The van der Waals surface area contributed by atoms with Crippen LogP contribution in [0.1, 0.15) is 35.7 Å². The van der Waals surface area contributed by atoms with Gasteiger partial charge in [0.2, 0.25) is 5.91 Å². The minimum Gasteiger partial charge on any atom is -0.368 e. The molecule has 0 saturated carbocycles. The predicted octanol–water partition coefficient (Wildman–Crippen LogP) is 6.11. The van der Waals surface area contributed by atoms with E-state index in [-0.39, 0.29) is 33.5 Å². The van der Waals surface area contributed by atoms with E-state index >= 15 is 0 Å². The zero-order chi connectivity index (χ0) is 28.2. The van der Waals surface area contributed by atoms with Gasteiger partial charge in [0.25, 0.3) is 0 Å². The number of carbonyl (C=O) groups excluding carboxylic acids is 3. The lowest BCUT2D eigenvalue weighted by Gasteiger charge is -2.36. The SMILES string of the molecule is C=C/C=C(\C=C/CNC(=O)CCCc1ccccc1)N1CCN(C(=O)Nc2c(Cl)cc(C(C)=O)cc2Cl)CC1. The van der Waals surface area contributed by atoms with Crippen LogP contribution in [0.4, 0.5) is 10.5 Å². The van der Waals surface area contributed by atoms with Gasteiger partial charge < -0.3 is 20.4 Å². The van der Waals surface area contributed by atoms with Crippen LogP contribution in [0, 0.1) is 0 Å². The van der Waals surface area contributed by atoms with Gasteiger partial charge in [0.05, 0.1) is 15.7 Å². The standard InChI is InChI=1S/C30H34Cl2N4O3/c1-3-9-25(13-8-15-33-28(38)14-7-12-23-10-5-4-6-11-23)35-16-18-36(19-17-35)30(39)34-29-26(31)20-24(22(2)37)21-27(29)32/h3-6,8-11,13,20-21H,1,7,12,14-19H2,2H3,(H,33,38)(H,34,39)/b13-8-,25-9+. The van der Waals surface area contributed by atoms with Gasteiger partial charge in [0.1, 0.15) is 0 Å². The zero-order valence-corrected chi connectivity index (χ0v) is 23.6. The summed E-state index contributed by atoms with van der Waals surface area (Å²) in [5, 5.41) is 6.13. The Morgan fingerprint density at radius 1 is 1.00 bits per heavy atom. The minimum absolute atomic E-state index is 0.0283. The molecule has 0 spiro atoms. The second-order valence-corrected chi connectivity index (χ2v) is 9.96. The minimum atomic E-state index is -0.311. The van der Waals surface area contributed by atoms with Crippen molar-refractivity contribution < 1.29 is 14.4 Å². The first-order valence-corrected chi connectivity index (χ1v) is 13.6. The highest BCUT2D eigenvalue weighted by Gasteiger charge is 2.23. The summed E-state index contributed by atoms with van der Waals surface area (Å²) in [5.41, 5.74) is 2.86. The first-order chi connectivity index (χ1) is 18.8. The average Bonchev–Trinajstić information content (AvgIpc) is 2.93. The molecule has 0 bridgehead atoms. The smallest absolute Gasteiger partial charge is 0.322 e. The number of carbonyl (C=O) groups is 3. The molecule has 7 nitrogen and oxygen atoms in total. The van der Waals surface area contributed by atoms with Crippen LogP contribution in [0.5, 0.6) is 0 Å². The first kappa shape index (κ1) is 30.0. The number of anilines is 1. The normalized spacial score (nSPS) is 13.9. The molecule has 3 rings (SSSR count). The van der Waals surface area contributed by atoms with E-state index in [1.165, 1.54) is 24.6 Å². The number of rotatable bonds is 11. The van der Waals surface area contributed by atoms with Crippen LogP contribution in [0.15, 0.2) is 79.0 Å². The first-order valence-electron chi connectivity index (χ1n) is 12.9. The molecule has 9 heteroatoms. The summed E-state index contributed by atoms with van der Waals surface area (Å²) in [7, 11) is 0. The van der Waals surface area contributed by atoms with Crippen LogP contribution in [0.2, 0.25) is 10.0 Å². The summed E-state index contributed by atoms with van der Waals surface area (Å²) in [5.74, 6) is -0.132. The second kappa shape index (κ2) is 15.1. The number of nitrogens with zero attached hydrogens (tertiary/aromatic N) is 2. The summed E-state index contributed by atoms with van der Waals surface area (Å²) < 4.78 is 0. The summed E-state index contributed by atoms with van der Waals surface area (Å²) in [6.45, 7) is 7.89. The number of Topliss-reactive ketones (excluding diaryl/α,β-unsaturated/α-hetero) is 1. The number of hydrogen-bond acceptors (Lipinski definition) is 4. The van der Waals surface area contributed by atoms with Crippen molar-refractivity contribution in [3.8, 4) is 0 Å². The van der Waals surface area contributed by atoms with E-state index in [1.54, 1.807) is 11.0 Å². The fraction of sp³-hybridized carbons (Fsp3) is 0.300. The van der Waals surface area contributed by atoms with Crippen molar-refractivity contribution in [2.75, 3.05) is 38.0 Å². The number of halogens is 2. The molecule has 0 aliphatic carbocycles. The van der Waals surface area contributed by atoms with E-state index < -0.39 is 0 Å². The maximum atomic E-state index is 12.9. The molecule has 0 aromatic heterocycles.